The number of sulfonamides is 1. The lowest BCUT2D eigenvalue weighted by molar-refractivity contribution is -0.121. The molecule has 1 aromatic heterocycles. The van der Waals surface area contributed by atoms with Gasteiger partial charge in [-0.1, -0.05) is 30.3 Å². The smallest absolute Gasteiger partial charge is 0.222 e. The lowest BCUT2D eigenvalue weighted by Crippen LogP contribution is -2.34. The van der Waals surface area contributed by atoms with Crippen LogP contribution in [0.4, 0.5) is 0 Å². The van der Waals surface area contributed by atoms with Crippen LogP contribution in [0.5, 0.6) is 0 Å². The van der Waals surface area contributed by atoms with Gasteiger partial charge < -0.3 is 9.88 Å². The Kier molecular flexibility index (Phi) is 5.51. The van der Waals surface area contributed by atoms with E-state index < -0.39 is 10.0 Å². The number of carbonyl (C=O) groups is 1. The van der Waals surface area contributed by atoms with Crippen molar-refractivity contribution in [2.24, 2.45) is 7.05 Å². The maximum absolute atomic E-state index is 12.1. The molecule has 1 amide bonds. The lowest BCUT2D eigenvalue weighted by Gasteiger charge is -2.19. The van der Waals surface area contributed by atoms with Gasteiger partial charge in [-0.2, -0.15) is 0 Å². The SMILES string of the molecule is Cn1ccnc1[C@H](NC(=O)CCNS(C)(=O)=O)c1ccccc1. The molecule has 2 rings (SSSR count). The van der Waals surface area contributed by atoms with Gasteiger partial charge in [0, 0.05) is 32.4 Å². The van der Waals surface area contributed by atoms with E-state index in [1.165, 1.54) is 0 Å². The maximum Gasteiger partial charge on any atom is 0.222 e. The van der Waals surface area contributed by atoms with Crippen molar-refractivity contribution in [3.63, 3.8) is 0 Å². The molecule has 1 atom stereocenters. The normalized spacial score (nSPS) is 12.8. The Morgan fingerprint density at radius 2 is 2.00 bits per heavy atom. The van der Waals surface area contributed by atoms with Gasteiger partial charge in [0.05, 0.1) is 6.26 Å². The molecule has 0 radical (unpaired) electrons. The number of hydrogen-bond donors (Lipinski definition) is 2. The third-order valence-electron chi connectivity index (χ3n) is 3.27. The van der Waals surface area contributed by atoms with Gasteiger partial charge in [-0.3, -0.25) is 4.79 Å². The van der Waals surface area contributed by atoms with Crippen molar-refractivity contribution in [1.29, 1.82) is 0 Å². The fourth-order valence-electron chi connectivity index (χ4n) is 2.18. The first-order valence-corrected chi connectivity index (χ1v) is 9.02. The number of nitrogens with one attached hydrogen (secondary N) is 2. The summed E-state index contributed by atoms with van der Waals surface area (Å²) in [6.07, 6.45) is 4.59. The van der Waals surface area contributed by atoms with Gasteiger partial charge in [-0.25, -0.2) is 18.1 Å². The number of imidazole rings is 1. The van der Waals surface area contributed by atoms with Crippen LogP contribution in [0.15, 0.2) is 42.7 Å². The molecule has 2 N–H and O–H groups in total. The second-order valence-corrected chi connectivity index (χ2v) is 7.06. The predicted molar refractivity (Wildman–Crippen MR) is 87.1 cm³/mol. The van der Waals surface area contributed by atoms with E-state index >= 15 is 0 Å². The van der Waals surface area contributed by atoms with E-state index in [0.717, 1.165) is 11.8 Å². The molecular weight excluding hydrogens is 316 g/mol. The number of aromatic nitrogens is 2. The Balaban J connectivity index is 2.10. The molecule has 1 aromatic carbocycles. The van der Waals surface area contributed by atoms with E-state index in [9.17, 15) is 13.2 Å². The summed E-state index contributed by atoms with van der Waals surface area (Å²) in [4.78, 5) is 16.4. The Morgan fingerprint density at radius 1 is 1.30 bits per heavy atom. The molecule has 8 heteroatoms. The Morgan fingerprint density at radius 3 is 2.57 bits per heavy atom. The highest BCUT2D eigenvalue weighted by Crippen LogP contribution is 2.20. The fourth-order valence-corrected chi connectivity index (χ4v) is 2.65. The summed E-state index contributed by atoms with van der Waals surface area (Å²) >= 11 is 0. The zero-order valence-corrected chi connectivity index (χ0v) is 13.9. The summed E-state index contributed by atoms with van der Waals surface area (Å²) in [5, 5.41) is 2.91. The summed E-state index contributed by atoms with van der Waals surface area (Å²) in [5.74, 6) is 0.457. The van der Waals surface area contributed by atoms with Gasteiger partial charge in [-0.05, 0) is 5.56 Å². The van der Waals surface area contributed by atoms with Crippen LogP contribution in [-0.2, 0) is 21.9 Å². The van der Waals surface area contributed by atoms with Crippen molar-refractivity contribution in [3.8, 4) is 0 Å². The van der Waals surface area contributed by atoms with Crippen LogP contribution in [0, 0.1) is 0 Å². The maximum atomic E-state index is 12.1. The highest BCUT2D eigenvalue weighted by molar-refractivity contribution is 7.88. The van der Waals surface area contributed by atoms with Crippen molar-refractivity contribution < 1.29 is 13.2 Å². The number of aryl methyl sites for hydroxylation is 1. The molecule has 0 aliphatic carbocycles. The van der Waals surface area contributed by atoms with E-state index in [0.29, 0.717) is 5.82 Å². The van der Waals surface area contributed by atoms with E-state index in [1.54, 1.807) is 6.20 Å². The van der Waals surface area contributed by atoms with Crippen molar-refractivity contribution in [3.05, 3.63) is 54.1 Å². The number of nitrogens with zero attached hydrogens (tertiary/aromatic N) is 2. The number of carbonyl (C=O) groups excluding carboxylic acids is 1. The largest absolute Gasteiger partial charge is 0.342 e. The van der Waals surface area contributed by atoms with Crippen molar-refractivity contribution in [2.45, 2.75) is 12.5 Å². The molecule has 0 aliphatic rings. The molecule has 2 aromatic rings. The van der Waals surface area contributed by atoms with Gasteiger partial charge in [0.15, 0.2) is 0 Å². The molecule has 0 unspecified atom stereocenters. The first-order valence-electron chi connectivity index (χ1n) is 7.13. The third-order valence-corrected chi connectivity index (χ3v) is 4.00. The monoisotopic (exact) mass is 336 g/mol. The minimum absolute atomic E-state index is 0.0564. The van der Waals surface area contributed by atoms with Crippen LogP contribution in [0.25, 0.3) is 0 Å². The third kappa shape index (κ3) is 5.19. The van der Waals surface area contributed by atoms with Crippen molar-refractivity contribution >= 4 is 15.9 Å². The second kappa shape index (κ2) is 7.38. The van der Waals surface area contributed by atoms with Crippen LogP contribution in [-0.4, -0.2) is 36.7 Å². The minimum Gasteiger partial charge on any atom is -0.342 e. The van der Waals surface area contributed by atoms with Crippen molar-refractivity contribution in [2.75, 3.05) is 12.8 Å². The van der Waals surface area contributed by atoms with Gasteiger partial charge in [0.1, 0.15) is 11.9 Å². The average molecular weight is 336 g/mol. The lowest BCUT2D eigenvalue weighted by atomic mass is 10.1. The quantitative estimate of drug-likeness (QED) is 0.773. The van der Waals surface area contributed by atoms with E-state index in [1.807, 2.05) is 48.1 Å². The predicted octanol–water partition coefficient (Wildman–Crippen LogP) is 0.565. The molecule has 0 bridgehead atoms. The van der Waals surface area contributed by atoms with Crippen LogP contribution in [0.1, 0.15) is 23.9 Å². The Labute approximate surface area is 135 Å². The number of rotatable bonds is 7. The molecular formula is C15H20N4O3S. The summed E-state index contributed by atoms with van der Waals surface area (Å²) in [6.45, 7) is 0.0622. The zero-order chi connectivity index (χ0) is 16.9. The molecule has 0 saturated heterocycles. The average Bonchev–Trinajstić information content (AvgIpc) is 2.90. The van der Waals surface area contributed by atoms with Crippen LogP contribution >= 0.6 is 0 Å². The van der Waals surface area contributed by atoms with E-state index in [2.05, 4.69) is 15.0 Å². The topological polar surface area (TPSA) is 93.1 Å². The van der Waals surface area contributed by atoms with Gasteiger partial charge >= 0.3 is 0 Å². The summed E-state index contributed by atoms with van der Waals surface area (Å²) in [7, 11) is -1.44. The standard InChI is InChI=1S/C15H20N4O3S/c1-19-11-10-16-15(19)14(12-6-4-3-5-7-12)18-13(20)8-9-17-23(2,21)22/h3-7,10-11,14,17H,8-9H2,1-2H3,(H,18,20)/t14-/m1/s1. The number of benzene rings is 1. The highest BCUT2D eigenvalue weighted by Gasteiger charge is 2.20. The first-order chi connectivity index (χ1) is 10.9. The first kappa shape index (κ1) is 17.2. The Hall–Kier alpha value is -2.19. The van der Waals surface area contributed by atoms with Crippen molar-refractivity contribution in [1.82, 2.24) is 19.6 Å². The molecule has 1 heterocycles. The summed E-state index contributed by atoms with van der Waals surface area (Å²) in [5.41, 5.74) is 0.909. The van der Waals surface area contributed by atoms with E-state index in [4.69, 9.17) is 0 Å². The van der Waals surface area contributed by atoms with Crippen LogP contribution in [0.2, 0.25) is 0 Å². The minimum atomic E-state index is -3.30. The number of hydrogen-bond acceptors (Lipinski definition) is 4. The molecule has 0 fully saturated rings. The summed E-state index contributed by atoms with van der Waals surface area (Å²) in [6, 6.07) is 9.12. The molecule has 0 spiro atoms. The molecule has 7 nitrogen and oxygen atoms in total. The van der Waals surface area contributed by atoms with Crippen LogP contribution < -0.4 is 10.0 Å². The molecule has 124 valence electrons. The highest BCUT2D eigenvalue weighted by atomic mass is 32.2. The number of amides is 1. The zero-order valence-electron chi connectivity index (χ0n) is 13.1. The van der Waals surface area contributed by atoms with E-state index in [-0.39, 0.29) is 24.9 Å². The summed E-state index contributed by atoms with van der Waals surface area (Å²) < 4.78 is 26.2. The van der Waals surface area contributed by atoms with Gasteiger partial charge in [-0.15, -0.1) is 0 Å². The van der Waals surface area contributed by atoms with Gasteiger partial charge in [0.2, 0.25) is 15.9 Å². The van der Waals surface area contributed by atoms with Gasteiger partial charge in [0.25, 0.3) is 0 Å². The molecule has 0 saturated carbocycles. The molecule has 23 heavy (non-hydrogen) atoms. The molecule has 0 aliphatic heterocycles. The second-order valence-electron chi connectivity index (χ2n) is 5.22. The Bertz CT molecular complexity index is 756. The fraction of sp³-hybridized carbons (Fsp3) is 0.333. The van der Waals surface area contributed by atoms with Crippen LogP contribution in [0.3, 0.4) is 0 Å².